The third-order valence-electron chi connectivity index (χ3n) is 3.34. The molecular formula is C20H20N6O6. The van der Waals surface area contributed by atoms with Crippen LogP contribution in [0.5, 0.6) is 0 Å². The maximum absolute atomic E-state index is 11.9. The summed E-state index contributed by atoms with van der Waals surface area (Å²) in [6, 6.07) is 9.69. The smallest absolute Gasteiger partial charge is 0.414 e. The summed E-state index contributed by atoms with van der Waals surface area (Å²) in [5.41, 5.74) is 0.126. The zero-order chi connectivity index (χ0) is 23.9. The summed E-state index contributed by atoms with van der Waals surface area (Å²) in [5.74, 6) is -1.89. The van der Waals surface area contributed by atoms with Gasteiger partial charge in [-0.05, 0) is 32.0 Å². The van der Waals surface area contributed by atoms with E-state index in [9.17, 15) is 19.2 Å². The fourth-order valence-corrected chi connectivity index (χ4v) is 1.96. The largest absolute Gasteiger partial charge is 0.450 e. The molecule has 0 saturated heterocycles. The van der Waals surface area contributed by atoms with Crippen molar-refractivity contribution in [2.75, 3.05) is 23.8 Å². The van der Waals surface area contributed by atoms with Crippen molar-refractivity contribution < 1.29 is 28.7 Å². The lowest BCUT2D eigenvalue weighted by molar-refractivity contribution is -0.117. The number of alkyl carbamates (subject to hydrolysis) is 2. The van der Waals surface area contributed by atoms with Gasteiger partial charge in [0.25, 0.3) is 11.8 Å². The van der Waals surface area contributed by atoms with Gasteiger partial charge in [0, 0.05) is 23.8 Å². The number of ether oxygens (including phenoxy) is 2. The highest BCUT2D eigenvalue weighted by Crippen LogP contribution is 2.16. The molecular weight excluding hydrogens is 420 g/mol. The van der Waals surface area contributed by atoms with Crippen molar-refractivity contribution in [3.63, 3.8) is 0 Å². The Bertz CT molecular complexity index is 941. The van der Waals surface area contributed by atoms with E-state index in [-0.39, 0.29) is 24.4 Å². The number of benzene rings is 1. The molecule has 0 unspecified atom stereocenters. The second-order valence-corrected chi connectivity index (χ2v) is 5.56. The van der Waals surface area contributed by atoms with Crippen LogP contribution in [0.3, 0.4) is 0 Å². The molecule has 0 aromatic heterocycles. The number of carbonyl (C=O) groups excluding carboxylic acids is 4. The zero-order valence-electron chi connectivity index (χ0n) is 17.2. The lowest BCUT2D eigenvalue weighted by atomic mass is 10.2. The lowest BCUT2D eigenvalue weighted by Gasteiger charge is -2.07. The molecule has 166 valence electrons. The van der Waals surface area contributed by atoms with Crippen LogP contribution >= 0.6 is 0 Å². The standard InChI is InChI=1S/C20H20N6O6/c1-3-31-19(29)25-17(27)13(9-21)11-23-15-6-5-7-16(8-15)24-12-14(10-22)18(28)26-20(30)32-4-2/h5-8,11-12,23-24H,3-4H2,1-2H3,(H,25,27,29)(H,26,28,30)/b13-11+,14-12+. The number of anilines is 2. The highest BCUT2D eigenvalue weighted by molar-refractivity contribution is 6.05. The number of imide groups is 2. The van der Waals surface area contributed by atoms with Crippen molar-refractivity contribution in [1.82, 2.24) is 10.6 Å². The van der Waals surface area contributed by atoms with Crippen LogP contribution in [-0.2, 0) is 19.1 Å². The van der Waals surface area contributed by atoms with Gasteiger partial charge in [0.05, 0.1) is 13.2 Å². The Labute approximate surface area is 183 Å². The molecule has 0 radical (unpaired) electrons. The molecule has 1 rings (SSSR count). The molecule has 0 aliphatic carbocycles. The van der Waals surface area contributed by atoms with Gasteiger partial charge in [-0.3, -0.25) is 20.2 Å². The predicted octanol–water partition coefficient (Wildman–Crippen LogP) is 1.87. The topological polar surface area (TPSA) is 182 Å². The first kappa shape index (κ1) is 25.2. The van der Waals surface area contributed by atoms with E-state index in [4.69, 9.17) is 10.5 Å². The van der Waals surface area contributed by atoms with E-state index in [2.05, 4.69) is 20.1 Å². The Kier molecular flexibility index (Phi) is 10.5. The van der Waals surface area contributed by atoms with Gasteiger partial charge in [-0.25, -0.2) is 9.59 Å². The number of nitrogens with one attached hydrogen (secondary N) is 4. The van der Waals surface area contributed by atoms with E-state index in [1.54, 1.807) is 50.3 Å². The SMILES string of the molecule is CCOC(=O)NC(=O)/C(C#N)=C/Nc1cccc(N/C=C(\C#N)C(=O)NC(=O)OCC)c1. The normalized spacial score (nSPS) is 10.6. The first-order valence-corrected chi connectivity index (χ1v) is 9.14. The van der Waals surface area contributed by atoms with E-state index in [1.165, 1.54) is 0 Å². The van der Waals surface area contributed by atoms with Crippen LogP contribution < -0.4 is 21.3 Å². The van der Waals surface area contributed by atoms with Crippen LogP contribution in [0.25, 0.3) is 0 Å². The third-order valence-corrected chi connectivity index (χ3v) is 3.34. The van der Waals surface area contributed by atoms with Crippen molar-refractivity contribution in [2.45, 2.75) is 13.8 Å². The second-order valence-electron chi connectivity index (χ2n) is 5.56. The van der Waals surface area contributed by atoms with Gasteiger partial charge >= 0.3 is 12.2 Å². The Morgan fingerprint density at radius 3 is 1.59 bits per heavy atom. The van der Waals surface area contributed by atoms with Gasteiger partial charge in [-0.15, -0.1) is 0 Å². The highest BCUT2D eigenvalue weighted by atomic mass is 16.6. The summed E-state index contributed by atoms with van der Waals surface area (Å²) in [5, 5.41) is 27.4. The zero-order valence-corrected chi connectivity index (χ0v) is 17.2. The van der Waals surface area contributed by atoms with Crippen LogP contribution in [0.2, 0.25) is 0 Å². The number of carbonyl (C=O) groups is 4. The number of nitrogens with zero attached hydrogens (tertiary/aromatic N) is 2. The number of amides is 4. The molecule has 0 fully saturated rings. The Morgan fingerprint density at radius 1 is 0.844 bits per heavy atom. The number of hydrogen-bond donors (Lipinski definition) is 4. The van der Waals surface area contributed by atoms with E-state index < -0.39 is 24.0 Å². The van der Waals surface area contributed by atoms with Gasteiger partial charge in [0.2, 0.25) is 0 Å². The van der Waals surface area contributed by atoms with Crippen molar-refractivity contribution in [3.8, 4) is 12.1 Å². The van der Waals surface area contributed by atoms with Gasteiger partial charge in [-0.2, -0.15) is 10.5 Å². The fourth-order valence-electron chi connectivity index (χ4n) is 1.96. The molecule has 1 aromatic rings. The minimum Gasteiger partial charge on any atom is -0.450 e. The molecule has 0 aliphatic rings. The van der Waals surface area contributed by atoms with Crippen LogP contribution in [-0.4, -0.2) is 37.2 Å². The first-order chi connectivity index (χ1) is 15.3. The number of nitriles is 2. The minimum atomic E-state index is -0.975. The summed E-state index contributed by atoms with van der Waals surface area (Å²) in [6.07, 6.45) is 0.238. The minimum absolute atomic E-state index is 0.0647. The molecule has 1 aromatic carbocycles. The van der Waals surface area contributed by atoms with E-state index in [0.29, 0.717) is 11.4 Å². The lowest BCUT2D eigenvalue weighted by Crippen LogP contribution is -2.32. The van der Waals surface area contributed by atoms with Gasteiger partial charge in [0.1, 0.15) is 23.3 Å². The van der Waals surface area contributed by atoms with E-state index in [0.717, 1.165) is 12.4 Å². The molecule has 32 heavy (non-hydrogen) atoms. The predicted molar refractivity (Wildman–Crippen MR) is 111 cm³/mol. The van der Waals surface area contributed by atoms with Crippen LogP contribution in [0, 0.1) is 22.7 Å². The van der Waals surface area contributed by atoms with Crippen LogP contribution in [0.15, 0.2) is 47.8 Å². The molecule has 0 aliphatic heterocycles. The molecule has 4 amide bonds. The Balaban J connectivity index is 2.84. The van der Waals surface area contributed by atoms with Crippen molar-refractivity contribution in [3.05, 3.63) is 47.8 Å². The van der Waals surface area contributed by atoms with E-state index in [1.807, 2.05) is 10.6 Å². The maximum Gasteiger partial charge on any atom is 0.414 e. The molecule has 0 heterocycles. The highest BCUT2D eigenvalue weighted by Gasteiger charge is 2.14. The fraction of sp³-hybridized carbons (Fsp3) is 0.200. The average Bonchev–Trinajstić information content (AvgIpc) is 2.75. The maximum atomic E-state index is 11.9. The third kappa shape index (κ3) is 8.67. The van der Waals surface area contributed by atoms with Gasteiger partial charge in [0.15, 0.2) is 0 Å². The summed E-state index contributed by atoms with van der Waals surface area (Å²) < 4.78 is 9.15. The molecule has 0 saturated carbocycles. The Morgan fingerprint density at radius 2 is 1.25 bits per heavy atom. The van der Waals surface area contributed by atoms with Crippen LogP contribution in [0.4, 0.5) is 21.0 Å². The molecule has 12 nitrogen and oxygen atoms in total. The second kappa shape index (κ2) is 13.4. The molecule has 4 N–H and O–H groups in total. The van der Waals surface area contributed by atoms with Gasteiger partial charge < -0.3 is 20.1 Å². The van der Waals surface area contributed by atoms with Crippen molar-refractivity contribution in [2.24, 2.45) is 0 Å². The van der Waals surface area contributed by atoms with Crippen LogP contribution in [0.1, 0.15) is 13.8 Å². The monoisotopic (exact) mass is 440 g/mol. The van der Waals surface area contributed by atoms with Crippen molar-refractivity contribution >= 4 is 35.4 Å². The summed E-state index contributed by atoms with van der Waals surface area (Å²) in [7, 11) is 0. The Hall–Kier alpha value is -4.84. The number of hydrogen-bond acceptors (Lipinski definition) is 10. The average molecular weight is 440 g/mol. The summed E-state index contributed by atoms with van der Waals surface area (Å²) in [4.78, 5) is 46.3. The van der Waals surface area contributed by atoms with Gasteiger partial charge in [-0.1, -0.05) is 6.07 Å². The first-order valence-electron chi connectivity index (χ1n) is 9.14. The summed E-state index contributed by atoms with van der Waals surface area (Å²) >= 11 is 0. The molecule has 0 spiro atoms. The van der Waals surface area contributed by atoms with Crippen molar-refractivity contribution in [1.29, 1.82) is 10.5 Å². The molecule has 0 atom stereocenters. The quantitative estimate of drug-likeness (QED) is 0.344. The summed E-state index contributed by atoms with van der Waals surface area (Å²) in [6.45, 7) is 3.26. The molecule has 0 bridgehead atoms. The molecule has 12 heteroatoms. The van der Waals surface area contributed by atoms with E-state index >= 15 is 0 Å². The number of rotatable bonds is 8.